The summed E-state index contributed by atoms with van der Waals surface area (Å²) in [6, 6.07) is 9.04. The topological polar surface area (TPSA) is 73.3 Å². The van der Waals surface area contributed by atoms with Gasteiger partial charge < -0.3 is 14.7 Å². The number of hydrogen-bond donors (Lipinski definition) is 1. The zero-order valence-corrected chi connectivity index (χ0v) is 21.9. The molecule has 1 aromatic carbocycles. The molecule has 0 amide bonds. The van der Waals surface area contributed by atoms with Crippen molar-refractivity contribution < 1.29 is 31.4 Å². The average molecular weight is 548 g/mol. The Balaban J connectivity index is 1.61. The average Bonchev–Trinajstić information content (AvgIpc) is 3.40. The Labute approximate surface area is 214 Å². The Morgan fingerprint density at radius 3 is 2.44 bits per heavy atom. The molecule has 7 nitrogen and oxygen atoms in total. The van der Waals surface area contributed by atoms with Crippen LogP contribution in [0.3, 0.4) is 0 Å². The van der Waals surface area contributed by atoms with Crippen LogP contribution in [0.25, 0.3) is 0 Å². The Hall–Kier alpha value is -1.70. The fourth-order valence-corrected chi connectivity index (χ4v) is 7.41. The predicted molar refractivity (Wildman–Crippen MR) is 133 cm³/mol. The van der Waals surface area contributed by atoms with E-state index in [-0.39, 0.29) is 30.7 Å². The van der Waals surface area contributed by atoms with Gasteiger partial charge in [0, 0.05) is 44.5 Å². The number of hydrogen-bond acceptors (Lipinski definition) is 7. The van der Waals surface area contributed by atoms with Crippen molar-refractivity contribution in [3.63, 3.8) is 0 Å². The van der Waals surface area contributed by atoms with Gasteiger partial charge in [-0.15, -0.1) is 11.3 Å². The number of thiophene rings is 1. The molecular formula is C24H32F3N3O4S2. The third-order valence-electron chi connectivity index (χ3n) is 7.11. The second-order valence-corrected chi connectivity index (χ2v) is 12.5. The highest BCUT2D eigenvalue weighted by Gasteiger charge is 2.51. The van der Waals surface area contributed by atoms with Gasteiger partial charge in [0.05, 0.1) is 19.3 Å². The molecular weight excluding hydrogens is 515 g/mol. The van der Waals surface area contributed by atoms with E-state index in [4.69, 9.17) is 4.74 Å². The number of nitrogens with zero attached hydrogens (tertiary/aromatic N) is 3. The van der Waals surface area contributed by atoms with Gasteiger partial charge in [-0.25, -0.2) is 8.42 Å². The molecule has 2 aliphatic heterocycles. The van der Waals surface area contributed by atoms with Crippen LogP contribution >= 0.6 is 11.3 Å². The molecule has 2 unspecified atom stereocenters. The van der Waals surface area contributed by atoms with E-state index in [1.54, 1.807) is 29.6 Å². The normalized spacial score (nSPS) is 24.6. The highest BCUT2D eigenvalue weighted by Crippen LogP contribution is 2.39. The van der Waals surface area contributed by atoms with Crippen LogP contribution in [0.5, 0.6) is 0 Å². The van der Waals surface area contributed by atoms with Crippen LogP contribution in [-0.2, 0) is 20.4 Å². The van der Waals surface area contributed by atoms with Crippen molar-refractivity contribution in [2.75, 3.05) is 50.8 Å². The summed E-state index contributed by atoms with van der Waals surface area (Å²) >= 11 is 1.18. The van der Waals surface area contributed by atoms with Crippen molar-refractivity contribution in [2.45, 2.75) is 48.3 Å². The highest BCUT2D eigenvalue weighted by atomic mass is 32.2. The van der Waals surface area contributed by atoms with E-state index >= 15 is 0 Å². The standard InChI is InChI=1S/C24H32F3N3O4S2/c1-3-19-17-34-13-12-28(19)15-21-16-29(36(32,33)22-5-4-14-35-22)10-11-30(21)20-8-6-18(7-9-20)23(2,31)24(25,26)27/h4-9,14,19,21,31H,3,10-13,15-17H2,1-2H3/t19?,21-,23?/m0/s1. The Morgan fingerprint density at radius 1 is 1.11 bits per heavy atom. The lowest BCUT2D eigenvalue weighted by Gasteiger charge is -2.46. The summed E-state index contributed by atoms with van der Waals surface area (Å²) in [5.74, 6) is 0. The van der Waals surface area contributed by atoms with Crippen molar-refractivity contribution in [2.24, 2.45) is 0 Å². The summed E-state index contributed by atoms with van der Waals surface area (Å²) < 4.78 is 73.8. The largest absolute Gasteiger partial charge is 0.421 e. The van der Waals surface area contributed by atoms with Crippen LogP contribution in [0.2, 0.25) is 0 Å². The molecule has 0 spiro atoms. The highest BCUT2D eigenvalue weighted by molar-refractivity contribution is 7.91. The van der Waals surface area contributed by atoms with Crippen LogP contribution in [0, 0.1) is 0 Å². The van der Waals surface area contributed by atoms with Gasteiger partial charge in [-0.1, -0.05) is 25.1 Å². The Bertz CT molecular complexity index is 1110. The fraction of sp³-hybridized carbons (Fsp3) is 0.583. The molecule has 0 bridgehead atoms. The second-order valence-electron chi connectivity index (χ2n) is 9.39. The van der Waals surface area contributed by atoms with Crippen LogP contribution in [0.4, 0.5) is 18.9 Å². The third-order valence-corrected chi connectivity index (χ3v) is 10.4. The predicted octanol–water partition coefficient (Wildman–Crippen LogP) is 3.51. The maximum atomic E-state index is 13.3. The van der Waals surface area contributed by atoms with Gasteiger partial charge in [0.15, 0.2) is 5.60 Å². The summed E-state index contributed by atoms with van der Waals surface area (Å²) in [5.41, 5.74) is -2.51. The molecule has 0 saturated carbocycles. The molecule has 4 rings (SSSR count). The first-order chi connectivity index (χ1) is 16.9. The number of piperazine rings is 1. The maximum absolute atomic E-state index is 13.3. The molecule has 1 aromatic heterocycles. The van der Waals surface area contributed by atoms with Gasteiger partial charge in [0.25, 0.3) is 10.0 Å². The van der Waals surface area contributed by atoms with Crippen molar-refractivity contribution in [1.82, 2.24) is 9.21 Å². The lowest BCUT2D eigenvalue weighted by molar-refractivity contribution is -0.258. The Morgan fingerprint density at radius 2 is 1.83 bits per heavy atom. The maximum Gasteiger partial charge on any atom is 0.421 e. The number of alkyl halides is 3. The molecule has 3 atom stereocenters. The smallest absolute Gasteiger partial charge is 0.378 e. The number of ether oxygens (including phenoxy) is 1. The molecule has 0 radical (unpaired) electrons. The summed E-state index contributed by atoms with van der Waals surface area (Å²) in [6.45, 7) is 6.28. The van der Waals surface area contributed by atoms with Crippen molar-refractivity contribution >= 4 is 27.0 Å². The molecule has 3 heterocycles. The van der Waals surface area contributed by atoms with Crippen LogP contribution < -0.4 is 4.90 Å². The van der Waals surface area contributed by atoms with E-state index in [9.17, 15) is 26.7 Å². The van der Waals surface area contributed by atoms with E-state index in [1.807, 2.05) is 0 Å². The van der Waals surface area contributed by atoms with Gasteiger partial charge in [-0.05, 0) is 42.5 Å². The zero-order chi connectivity index (χ0) is 26.1. The molecule has 2 saturated heterocycles. The quantitative estimate of drug-likeness (QED) is 0.572. The zero-order valence-electron chi connectivity index (χ0n) is 20.3. The minimum absolute atomic E-state index is 0.213. The summed E-state index contributed by atoms with van der Waals surface area (Å²) in [4.78, 5) is 4.37. The molecule has 1 N–H and O–H groups in total. The molecule has 12 heteroatoms. The van der Waals surface area contributed by atoms with Crippen molar-refractivity contribution in [1.29, 1.82) is 0 Å². The SMILES string of the molecule is CCC1COCCN1C[C@H]1CN(S(=O)(=O)c2cccs2)CCN1c1ccc(C(C)(O)C(F)(F)F)cc1. The van der Waals surface area contributed by atoms with E-state index in [2.05, 4.69) is 16.7 Å². The van der Waals surface area contributed by atoms with Gasteiger partial charge in [-0.3, -0.25) is 4.90 Å². The second kappa shape index (κ2) is 10.6. The van der Waals surface area contributed by atoms with Crippen molar-refractivity contribution in [3.8, 4) is 0 Å². The lowest BCUT2D eigenvalue weighted by Crippen LogP contribution is -2.60. The third kappa shape index (κ3) is 5.44. The van der Waals surface area contributed by atoms with Crippen molar-refractivity contribution in [3.05, 3.63) is 47.3 Å². The number of rotatable bonds is 7. The van der Waals surface area contributed by atoms with Crippen LogP contribution in [0.15, 0.2) is 46.0 Å². The van der Waals surface area contributed by atoms with Crippen LogP contribution in [-0.4, -0.2) is 86.9 Å². The summed E-state index contributed by atoms with van der Waals surface area (Å²) in [6.07, 6.45) is -3.91. The first-order valence-electron chi connectivity index (χ1n) is 12.0. The van der Waals surface area contributed by atoms with Gasteiger partial charge in [0.1, 0.15) is 4.21 Å². The number of halogens is 3. The van der Waals surface area contributed by atoms with Crippen LogP contribution in [0.1, 0.15) is 25.8 Å². The molecule has 0 aliphatic carbocycles. The van der Waals surface area contributed by atoms with Gasteiger partial charge in [-0.2, -0.15) is 17.5 Å². The number of morpholine rings is 1. The fourth-order valence-electron chi connectivity index (χ4n) is 4.80. The van der Waals surface area contributed by atoms with E-state index in [0.717, 1.165) is 19.9 Å². The van der Waals surface area contributed by atoms with Gasteiger partial charge >= 0.3 is 6.18 Å². The molecule has 2 aliphatic rings. The van der Waals surface area contributed by atoms with E-state index < -0.39 is 21.8 Å². The molecule has 200 valence electrons. The Kier molecular flexibility index (Phi) is 8.04. The van der Waals surface area contributed by atoms with Gasteiger partial charge in [0.2, 0.25) is 0 Å². The monoisotopic (exact) mass is 547 g/mol. The summed E-state index contributed by atoms with van der Waals surface area (Å²) in [7, 11) is -3.64. The summed E-state index contributed by atoms with van der Waals surface area (Å²) in [5, 5.41) is 11.8. The molecule has 36 heavy (non-hydrogen) atoms. The number of aliphatic hydroxyl groups is 1. The molecule has 2 fully saturated rings. The first kappa shape index (κ1) is 27.3. The number of anilines is 1. The first-order valence-corrected chi connectivity index (χ1v) is 14.3. The minimum Gasteiger partial charge on any atom is -0.378 e. The van der Waals surface area contributed by atoms with E-state index in [1.165, 1.54) is 27.8 Å². The lowest BCUT2D eigenvalue weighted by atomic mass is 9.95. The number of benzene rings is 1. The molecule has 2 aromatic rings. The number of sulfonamides is 1. The minimum atomic E-state index is -4.80. The van der Waals surface area contributed by atoms with E-state index in [0.29, 0.717) is 36.2 Å².